The first kappa shape index (κ1) is 34.4. The molecule has 4 heterocycles. The largest absolute Gasteiger partial charge is 0.497 e. The molecule has 2 saturated heterocycles. The smallest absolute Gasteiger partial charge is 0.264 e. The predicted molar refractivity (Wildman–Crippen MR) is 190 cm³/mol. The predicted octanol–water partition coefficient (Wildman–Crippen LogP) is 4.29. The molecule has 0 unspecified atom stereocenters. The van der Waals surface area contributed by atoms with Crippen molar-refractivity contribution < 1.29 is 33.1 Å². The lowest BCUT2D eigenvalue weighted by molar-refractivity contribution is -0.151. The second kappa shape index (κ2) is 13.2. The van der Waals surface area contributed by atoms with Crippen LogP contribution in [0.1, 0.15) is 35.6 Å². The van der Waals surface area contributed by atoms with Gasteiger partial charge in [0, 0.05) is 42.3 Å². The minimum atomic E-state index is -3.54. The fourth-order valence-electron chi connectivity index (χ4n) is 8.73. The molecule has 7 rings (SSSR count). The summed E-state index contributed by atoms with van der Waals surface area (Å²) in [6.45, 7) is 6.99. The van der Waals surface area contributed by atoms with Crippen molar-refractivity contribution in [3.8, 4) is 5.75 Å². The van der Waals surface area contributed by atoms with Gasteiger partial charge in [0.05, 0.1) is 51.1 Å². The molecule has 0 aromatic heterocycles. The van der Waals surface area contributed by atoms with Crippen LogP contribution in [0.3, 0.4) is 0 Å². The minimum Gasteiger partial charge on any atom is -0.497 e. The van der Waals surface area contributed by atoms with E-state index in [0.29, 0.717) is 43.1 Å². The Morgan fingerprint density at radius 1 is 1.10 bits per heavy atom. The lowest BCUT2D eigenvalue weighted by atomic mass is 9.82. The fraction of sp³-hybridized carbons (Fsp3) is 0.447. The second-order valence-electron chi connectivity index (χ2n) is 14.5. The van der Waals surface area contributed by atoms with Crippen molar-refractivity contribution in [1.82, 2.24) is 10.2 Å². The first-order valence-corrected chi connectivity index (χ1v) is 20.4. The average Bonchev–Trinajstić information content (AvgIpc) is 3.53. The van der Waals surface area contributed by atoms with E-state index in [1.165, 1.54) is 0 Å². The van der Waals surface area contributed by atoms with Crippen molar-refractivity contribution in [2.75, 3.05) is 43.2 Å². The van der Waals surface area contributed by atoms with Gasteiger partial charge in [-0.2, -0.15) is 0 Å². The monoisotopic (exact) mass is 700 g/mol. The minimum absolute atomic E-state index is 0.0149. The number of nitrogens with one attached hydrogen (secondary N) is 1. The zero-order valence-corrected chi connectivity index (χ0v) is 30.0. The number of rotatable bonds is 8. The molecule has 5 atom stereocenters. The Hall–Kier alpha value is -4.10. The maximum absolute atomic E-state index is 16.5. The van der Waals surface area contributed by atoms with Crippen LogP contribution in [-0.2, 0) is 44.2 Å². The zero-order chi connectivity index (χ0) is 35.4. The number of ether oxygens (including phenoxy) is 2. The highest BCUT2D eigenvalue weighted by Crippen LogP contribution is 2.61. The van der Waals surface area contributed by atoms with Crippen molar-refractivity contribution in [1.29, 1.82) is 0 Å². The number of anilines is 2. The van der Waals surface area contributed by atoms with Gasteiger partial charge in [-0.15, -0.1) is 0 Å². The molecule has 3 aromatic carbocycles. The molecule has 264 valence electrons. The van der Waals surface area contributed by atoms with Crippen molar-refractivity contribution in [3.05, 3.63) is 89.0 Å². The summed E-state index contributed by atoms with van der Waals surface area (Å²) in [5.41, 5.74) is 2.75. The van der Waals surface area contributed by atoms with Crippen molar-refractivity contribution in [2.45, 2.75) is 69.2 Å². The lowest BCUT2D eigenvalue weighted by Gasteiger charge is -2.37. The molecule has 50 heavy (non-hydrogen) atoms. The number of piperazine rings is 1. The molecule has 0 radical (unpaired) electrons. The normalized spacial score (nSPS) is 26.4. The van der Waals surface area contributed by atoms with Crippen LogP contribution in [0.5, 0.6) is 5.75 Å². The summed E-state index contributed by atoms with van der Waals surface area (Å²) in [6.07, 6.45) is -0.434. The Labute approximate surface area is 293 Å². The Morgan fingerprint density at radius 3 is 2.60 bits per heavy atom. The van der Waals surface area contributed by atoms with Crippen LogP contribution < -0.4 is 19.9 Å². The van der Waals surface area contributed by atoms with Crippen molar-refractivity contribution in [3.63, 3.8) is 0 Å². The molecule has 3 aromatic rings. The van der Waals surface area contributed by atoms with Gasteiger partial charge in [0.15, 0.2) is 5.60 Å². The molecule has 0 bridgehead atoms. The van der Waals surface area contributed by atoms with E-state index >= 15 is 4.11 Å². The van der Waals surface area contributed by atoms with Crippen LogP contribution in [-0.4, -0.2) is 81.6 Å². The van der Waals surface area contributed by atoms with Crippen LogP contribution in [0.25, 0.3) is 0 Å². The number of methoxy groups -OCH3 is 1. The summed E-state index contributed by atoms with van der Waals surface area (Å²) in [4.78, 5) is 46.8. The Balaban J connectivity index is 1.22. The van der Waals surface area contributed by atoms with Crippen LogP contribution in [0.4, 0.5) is 15.5 Å². The molecule has 3 amide bonds. The van der Waals surface area contributed by atoms with Gasteiger partial charge in [0.1, 0.15) is 5.75 Å². The summed E-state index contributed by atoms with van der Waals surface area (Å²) in [6, 6.07) is 20.6. The van der Waals surface area contributed by atoms with Gasteiger partial charge in [-0.3, -0.25) is 14.4 Å². The van der Waals surface area contributed by atoms with E-state index in [4.69, 9.17) is 9.47 Å². The summed E-state index contributed by atoms with van der Waals surface area (Å²) < 4.78 is 29.0. The van der Waals surface area contributed by atoms with Crippen molar-refractivity contribution in [2.24, 2.45) is 5.92 Å². The summed E-state index contributed by atoms with van der Waals surface area (Å²) >= 11 is 0. The molecule has 4 aliphatic heterocycles. The number of benzene rings is 3. The maximum Gasteiger partial charge on any atom is 0.264 e. The molecule has 1 spiro atoms. The van der Waals surface area contributed by atoms with Gasteiger partial charge >= 0.3 is 0 Å². The highest BCUT2D eigenvalue weighted by molar-refractivity contribution is 6.72. The fourth-order valence-corrected chi connectivity index (χ4v) is 11.2. The Bertz CT molecular complexity index is 1820. The maximum atomic E-state index is 16.5. The van der Waals surface area contributed by atoms with Gasteiger partial charge < -0.3 is 38.7 Å². The second-order valence-corrected chi connectivity index (χ2v) is 18.3. The van der Waals surface area contributed by atoms with E-state index in [1.807, 2.05) is 61.5 Å². The number of nitrogens with zero attached hydrogens (tertiary/aromatic N) is 3. The number of halogens is 1. The van der Waals surface area contributed by atoms with Crippen LogP contribution >= 0.6 is 0 Å². The van der Waals surface area contributed by atoms with Crippen LogP contribution in [0.2, 0.25) is 18.6 Å². The molecular formula is C38H45FN4O6Si. The molecule has 2 N–H and O–H groups in total. The van der Waals surface area contributed by atoms with Gasteiger partial charge in [-0.25, -0.2) is 0 Å². The van der Waals surface area contributed by atoms with Gasteiger partial charge in [-0.05, 0) is 66.5 Å². The molecule has 4 aliphatic rings. The van der Waals surface area contributed by atoms with E-state index in [1.54, 1.807) is 47.0 Å². The van der Waals surface area contributed by atoms with E-state index < -0.39 is 37.6 Å². The van der Waals surface area contributed by atoms with Crippen LogP contribution in [0.15, 0.2) is 66.7 Å². The van der Waals surface area contributed by atoms with Gasteiger partial charge in [-0.1, -0.05) is 43.3 Å². The number of aliphatic hydroxyl groups is 1. The molecule has 0 aliphatic carbocycles. The number of hydrogen-bond acceptors (Lipinski definition) is 7. The molecular weight excluding hydrogens is 656 g/mol. The first-order chi connectivity index (χ1) is 24.0. The summed E-state index contributed by atoms with van der Waals surface area (Å²) in [7, 11) is -1.98. The third-order valence-corrected chi connectivity index (χ3v) is 13.5. The highest BCUT2D eigenvalue weighted by atomic mass is 28.4. The van der Waals surface area contributed by atoms with Gasteiger partial charge in [0.2, 0.25) is 20.2 Å². The lowest BCUT2D eigenvalue weighted by Crippen LogP contribution is -2.48. The topological polar surface area (TPSA) is 112 Å². The zero-order valence-electron chi connectivity index (χ0n) is 29.0. The highest BCUT2D eigenvalue weighted by Gasteiger charge is 2.67. The number of hydrogen-bond donors (Lipinski definition) is 2. The molecule has 12 heteroatoms. The Kier molecular flexibility index (Phi) is 9.08. The van der Waals surface area contributed by atoms with Crippen molar-refractivity contribution >= 4 is 37.5 Å². The third-order valence-electron chi connectivity index (χ3n) is 11.1. The number of amides is 3. The standard InChI is InChI=1S/C38H45FN4O6Si/c1-24-36(50(3,4)39)33(19-34(45)42-22-27-10-6-5-9-26(27)17-29(42)23-44)49-38(24)31-18-30(48-2)12-13-32(31)43(37(38)47)21-25-8-7-11-28(16-25)41-15-14-40-20-35(41)46/h5-13,16,18,24,29,33,36,40,44H,14-15,17,19-23H2,1-4H3/t24-,29-,33+,36-,38+/m0/s1. The van der Waals surface area contributed by atoms with E-state index in [0.717, 1.165) is 22.4 Å². The van der Waals surface area contributed by atoms with Crippen LogP contribution in [0, 0.1) is 5.92 Å². The number of fused-ring (bicyclic) bond motifs is 3. The summed E-state index contributed by atoms with van der Waals surface area (Å²) in [5.74, 6) is -0.605. The quantitative estimate of drug-likeness (QED) is 0.267. The number of carbonyl (C=O) groups is 3. The SMILES string of the molecule is COc1ccc2c(c1)[C@@]1(O[C@H](CC(=O)N3Cc4ccccc4C[C@H]3CO)[C@@H]([Si](C)(C)F)[C@@H]1C)C(=O)N2Cc1cccc(N2CCNCC2=O)c1. The number of aliphatic hydroxyl groups excluding tert-OH is 1. The average molecular weight is 701 g/mol. The molecule has 0 saturated carbocycles. The third kappa shape index (κ3) is 5.81. The van der Waals surface area contributed by atoms with E-state index in [-0.39, 0.29) is 43.8 Å². The molecule has 10 nitrogen and oxygen atoms in total. The Morgan fingerprint density at radius 2 is 1.88 bits per heavy atom. The van der Waals surface area contributed by atoms with Gasteiger partial charge in [0.25, 0.3) is 5.91 Å². The first-order valence-electron chi connectivity index (χ1n) is 17.4. The van der Waals surface area contributed by atoms with E-state index in [9.17, 15) is 19.5 Å². The van der Waals surface area contributed by atoms with E-state index in [2.05, 4.69) is 5.32 Å². The molecule has 2 fully saturated rings. The number of carbonyl (C=O) groups excluding carboxylic acids is 3. The summed E-state index contributed by atoms with van der Waals surface area (Å²) in [5, 5.41) is 13.4.